The Morgan fingerprint density at radius 2 is 1.88 bits per heavy atom. The molecule has 2 bridgehead atoms. The van der Waals surface area contributed by atoms with Crippen LogP contribution in [0.4, 0.5) is 0 Å². The summed E-state index contributed by atoms with van der Waals surface area (Å²) in [5.41, 5.74) is -0.558. The number of allylic oxidation sites excluding steroid dienone is 1. The fourth-order valence-corrected chi connectivity index (χ4v) is 8.93. The van der Waals surface area contributed by atoms with Crippen molar-refractivity contribution < 1.29 is 38.5 Å². The van der Waals surface area contributed by atoms with Gasteiger partial charge in [-0.25, -0.2) is 0 Å². The lowest BCUT2D eigenvalue weighted by Gasteiger charge is -2.38. The van der Waals surface area contributed by atoms with Crippen LogP contribution in [0.15, 0.2) is 55.6 Å². The molecular formula is C37H51BrN4O8. The summed E-state index contributed by atoms with van der Waals surface area (Å²) in [4.78, 5) is 63.3. The average Bonchev–Trinajstić information content (AvgIpc) is 3.73. The van der Waals surface area contributed by atoms with Crippen LogP contribution in [0.1, 0.15) is 44.3 Å². The first-order valence-corrected chi connectivity index (χ1v) is 18.6. The van der Waals surface area contributed by atoms with Gasteiger partial charge in [0.1, 0.15) is 17.7 Å². The number of carbonyl (C=O) groups excluding carboxylic acids is 4. The summed E-state index contributed by atoms with van der Waals surface area (Å²) in [5, 5.41) is 9.76. The number of likely N-dealkylation sites (N-methyl/N-ethyl adjacent to an activating group) is 1. The molecule has 13 heteroatoms. The van der Waals surface area contributed by atoms with Crippen LogP contribution < -0.4 is 0 Å². The van der Waals surface area contributed by atoms with Gasteiger partial charge in [-0.3, -0.25) is 24.1 Å². The van der Waals surface area contributed by atoms with Crippen molar-refractivity contribution in [1.29, 1.82) is 0 Å². The number of fused-ring (bicyclic) bond motifs is 1. The summed E-state index contributed by atoms with van der Waals surface area (Å²) in [6, 6.07) is 7.73. The number of amides is 3. The number of hydrogen-bond acceptors (Lipinski definition) is 9. The van der Waals surface area contributed by atoms with Crippen molar-refractivity contribution >= 4 is 39.6 Å². The second kappa shape index (κ2) is 16.9. The van der Waals surface area contributed by atoms with Crippen LogP contribution in [0.3, 0.4) is 0 Å². The molecule has 4 aliphatic rings. The Morgan fingerprint density at radius 3 is 2.54 bits per heavy atom. The number of morpholine rings is 1. The number of halogens is 1. The number of rotatable bonds is 17. The minimum Gasteiger partial charge on any atom is -0.455 e. The van der Waals surface area contributed by atoms with E-state index in [2.05, 4.69) is 34.0 Å². The zero-order chi connectivity index (χ0) is 36.0. The van der Waals surface area contributed by atoms with E-state index < -0.39 is 47.7 Å². The standard InChI is InChI=1S/C37H51BrN4O8/c1-5-7-14-28(44)39(4)25(3)31(26-12-9-8-10-13-26)49-36(47)29-30-34(45)42(16-11-21-43)33(37(30)24-27(38)32(29)50-37)35(46)41(15-6-2)18-17-40-19-22-48-23-20-40/h5-6,8-10,12-13,25,27,29-33,43H,1-2,7,11,14-24H2,3-4H3/t25-,27?,29-,30+,31+,32-,33-,37+/m0/s1. The predicted molar refractivity (Wildman–Crippen MR) is 190 cm³/mol. The van der Waals surface area contributed by atoms with Crippen molar-refractivity contribution in [3.8, 4) is 0 Å². The number of carbonyl (C=O) groups is 4. The molecule has 5 rings (SSSR count). The van der Waals surface area contributed by atoms with E-state index in [1.165, 1.54) is 4.90 Å². The highest BCUT2D eigenvalue weighted by Crippen LogP contribution is 2.60. The zero-order valence-electron chi connectivity index (χ0n) is 29.2. The topological polar surface area (TPSA) is 129 Å². The number of likely N-dealkylation sites (tertiary alicyclic amines) is 1. The van der Waals surface area contributed by atoms with Crippen LogP contribution in [-0.2, 0) is 33.4 Å². The SMILES string of the molecule is C=CCCC(=O)N(C)[C@@H](C)[C@@H](OC(=O)[C@@H]1[C@H]2O[C@@]3(CC2Br)[C@H](C(=O)N(CC=C)CCN2CCOCC2)N(CCCO)C(=O)[C@@H]13)c1ccccc1. The first-order valence-electron chi connectivity index (χ1n) is 17.6. The summed E-state index contributed by atoms with van der Waals surface area (Å²) in [6.45, 7) is 13.6. The number of nitrogens with zero attached hydrogens (tertiary/aromatic N) is 4. The second-order valence-corrected chi connectivity index (χ2v) is 14.8. The Balaban J connectivity index is 1.44. The second-order valence-electron chi connectivity index (χ2n) is 13.6. The molecule has 4 aliphatic heterocycles. The molecule has 1 aromatic carbocycles. The number of aliphatic hydroxyl groups is 1. The van der Waals surface area contributed by atoms with E-state index in [0.717, 1.165) is 13.1 Å². The minimum atomic E-state index is -1.27. The van der Waals surface area contributed by atoms with Gasteiger partial charge in [-0.05, 0) is 31.7 Å². The highest BCUT2D eigenvalue weighted by molar-refractivity contribution is 9.09. The summed E-state index contributed by atoms with van der Waals surface area (Å²) < 4.78 is 18.5. The Labute approximate surface area is 303 Å². The summed E-state index contributed by atoms with van der Waals surface area (Å²) in [5.74, 6) is -3.29. The highest BCUT2D eigenvalue weighted by Gasteiger charge is 2.77. The van der Waals surface area contributed by atoms with Gasteiger partial charge in [-0.2, -0.15) is 0 Å². The molecule has 4 saturated heterocycles. The van der Waals surface area contributed by atoms with Gasteiger partial charge in [-0.1, -0.05) is 58.4 Å². The molecule has 274 valence electrons. The van der Waals surface area contributed by atoms with Crippen molar-refractivity contribution in [2.24, 2.45) is 11.8 Å². The van der Waals surface area contributed by atoms with Crippen LogP contribution >= 0.6 is 15.9 Å². The smallest absolute Gasteiger partial charge is 0.313 e. The van der Waals surface area contributed by atoms with Gasteiger partial charge >= 0.3 is 5.97 Å². The molecule has 0 saturated carbocycles. The minimum absolute atomic E-state index is 0.110. The third-order valence-electron chi connectivity index (χ3n) is 10.7. The van der Waals surface area contributed by atoms with E-state index in [9.17, 15) is 24.3 Å². The quantitative estimate of drug-likeness (QED) is 0.145. The van der Waals surface area contributed by atoms with Crippen molar-refractivity contribution in [2.45, 2.75) is 67.3 Å². The highest BCUT2D eigenvalue weighted by atomic mass is 79.9. The molecule has 0 aliphatic carbocycles. The molecular weight excluding hydrogens is 708 g/mol. The number of hydrogen-bond donors (Lipinski definition) is 1. The maximum atomic E-state index is 14.6. The molecule has 50 heavy (non-hydrogen) atoms. The maximum Gasteiger partial charge on any atom is 0.313 e. The summed E-state index contributed by atoms with van der Waals surface area (Å²) in [7, 11) is 1.69. The lowest BCUT2D eigenvalue weighted by molar-refractivity contribution is -0.164. The molecule has 3 amide bonds. The maximum absolute atomic E-state index is 14.6. The van der Waals surface area contributed by atoms with Gasteiger partial charge in [0, 0.05) is 64.2 Å². The van der Waals surface area contributed by atoms with E-state index >= 15 is 0 Å². The molecule has 1 aromatic rings. The lowest BCUT2D eigenvalue weighted by Crippen LogP contribution is -2.57. The number of benzene rings is 1. The average molecular weight is 760 g/mol. The normalized spacial score (nSPS) is 28.5. The van der Waals surface area contributed by atoms with Crippen LogP contribution in [0.25, 0.3) is 0 Å². The van der Waals surface area contributed by atoms with Gasteiger partial charge in [-0.15, -0.1) is 13.2 Å². The van der Waals surface area contributed by atoms with E-state index in [4.69, 9.17) is 14.2 Å². The van der Waals surface area contributed by atoms with Crippen molar-refractivity contribution in [1.82, 2.24) is 19.6 Å². The molecule has 4 fully saturated rings. The monoisotopic (exact) mass is 758 g/mol. The Hall–Kier alpha value is -3.10. The first kappa shape index (κ1) is 38.1. The molecule has 1 N–H and O–H groups in total. The third kappa shape index (κ3) is 7.57. The zero-order valence-corrected chi connectivity index (χ0v) is 30.7. The summed E-state index contributed by atoms with van der Waals surface area (Å²) >= 11 is 3.74. The van der Waals surface area contributed by atoms with E-state index in [1.807, 2.05) is 37.3 Å². The van der Waals surface area contributed by atoms with Gasteiger partial charge in [0.25, 0.3) is 0 Å². The molecule has 1 spiro atoms. The van der Waals surface area contributed by atoms with Crippen LogP contribution in [0.2, 0.25) is 0 Å². The summed E-state index contributed by atoms with van der Waals surface area (Å²) in [6.07, 6.45) is 3.25. The predicted octanol–water partition coefficient (Wildman–Crippen LogP) is 2.56. The van der Waals surface area contributed by atoms with Crippen LogP contribution in [0, 0.1) is 11.8 Å². The molecule has 0 aromatic heterocycles. The number of esters is 1. The Kier molecular flexibility index (Phi) is 12.9. The van der Waals surface area contributed by atoms with Gasteiger partial charge in [0.05, 0.1) is 37.2 Å². The largest absolute Gasteiger partial charge is 0.455 e. The van der Waals surface area contributed by atoms with E-state index in [0.29, 0.717) is 44.7 Å². The van der Waals surface area contributed by atoms with Crippen molar-refractivity contribution in [3.05, 3.63) is 61.2 Å². The van der Waals surface area contributed by atoms with Gasteiger partial charge < -0.3 is 34.0 Å². The first-order chi connectivity index (χ1) is 24.1. The number of ether oxygens (including phenoxy) is 3. The van der Waals surface area contributed by atoms with Crippen molar-refractivity contribution in [3.63, 3.8) is 0 Å². The molecule has 0 radical (unpaired) electrons. The van der Waals surface area contributed by atoms with Gasteiger partial charge in [0.15, 0.2) is 0 Å². The Morgan fingerprint density at radius 1 is 1.16 bits per heavy atom. The molecule has 8 atom stereocenters. The van der Waals surface area contributed by atoms with Crippen LogP contribution in [0.5, 0.6) is 0 Å². The Bertz CT molecular complexity index is 1390. The number of aliphatic hydroxyl groups excluding tert-OH is 1. The van der Waals surface area contributed by atoms with E-state index in [-0.39, 0.29) is 55.1 Å². The fourth-order valence-electron chi connectivity index (χ4n) is 7.99. The lowest BCUT2D eigenvalue weighted by atomic mass is 9.70. The molecule has 4 heterocycles. The van der Waals surface area contributed by atoms with Crippen molar-refractivity contribution in [2.75, 3.05) is 66.1 Å². The fraction of sp³-hybridized carbons (Fsp3) is 0.622. The van der Waals surface area contributed by atoms with Gasteiger partial charge in [0.2, 0.25) is 17.7 Å². The number of alkyl halides is 1. The third-order valence-corrected chi connectivity index (χ3v) is 11.5. The van der Waals surface area contributed by atoms with E-state index in [1.54, 1.807) is 29.0 Å². The molecule has 12 nitrogen and oxygen atoms in total. The molecule has 1 unspecified atom stereocenters. The van der Waals surface area contributed by atoms with Crippen LogP contribution in [-0.4, -0.2) is 143 Å².